The fourth-order valence-electron chi connectivity index (χ4n) is 0.764. The maximum Gasteiger partial charge on any atom is 0.265 e. The minimum absolute atomic E-state index is 0.0756. The third kappa shape index (κ3) is 1.64. The van der Waals surface area contributed by atoms with Crippen molar-refractivity contribution in [3.63, 3.8) is 0 Å². The second kappa shape index (κ2) is 3.49. The van der Waals surface area contributed by atoms with E-state index in [-0.39, 0.29) is 15.5 Å². The van der Waals surface area contributed by atoms with E-state index >= 15 is 0 Å². The van der Waals surface area contributed by atoms with Gasteiger partial charge in [0.1, 0.15) is 0 Å². The number of hydrogen-bond donors (Lipinski definition) is 2. The summed E-state index contributed by atoms with van der Waals surface area (Å²) >= 11 is 9.44. The lowest BCUT2D eigenvalue weighted by Gasteiger charge is -2.06. The molecule has 0 fully saturated rings. The van der Waals surface area contributed by atoms with Crippen LogP contribution in [0.3, 0.4) is 0 Å². The second-order valence-electron chi connectivity index (χ2n) is 2.21. The smallest absolute Gasteiger partial charge is 0.265 e. The van der Waals surface area contributed by atoms with Crippen LogP contribution in [-0.4, -0.2) is 0 Å². The third-order valence-corrected chi connectivity index (χ3v) is 2.43. The second-order valence-corrected chi connectivity index (χ2v) is 3.03. The zero-order valence-corrected chi connectivity index (χ0v) is 7.54. The van der Waals surface area contributed by atoms with Gasteiger partial charge in [0.15, 0.2) is 0 Å². The zero-order valence-electron chi connectivity index (χ0n) is 5.89. The third-order valence-electron chi connectivity index (χ3n) is 1.41. The molecule has 0 aliphatic rings. The largest absolute Gasteiger partial charge is 0.398 e. The lowest BCUT2D eigenvalue weighted by molar-refractivity contribution is 0.151. The lowest BCUT2D eigenvalue weighted by atomic mass is 10.2. The maximum atomic E-state index is 12.2. The van der Waals surface area contributed by atoms with E-state index in [1.165, 1.54) is 12.1 Å². The molecule has 0 unspecified atom stereocenters. The highest BCUT2D eigenvalue weighted by atomic mass is 35.5. The van der Waals surface area contributed by atoms with Gasteiger partial charge in [-0.15, -0.1) is 12.6 Å². The van der Waals surface area contributed by atoms with Crippen LogP contribution in [0, 0.1) is 0 Å². The summed E-state index contributed by atoms with van der Waals surface area (Å²) in [7, 11) is 0. The fourth-order valence-corrected chi connectivity index (χ4v) is 1.22. The SMILES string of the molecule is Nc1ccc(C(F)F)c(Cl)c1S. The quantitative estimate of drug-likeness (QED) is 0.539. The Hall–Kier alpha value is -0.480. The number of rotatable bonds is 1. The first kappa shape index (κ1) is 9.61. The Kier molecular flexibility index (Phi) is 2.80. The van der Waals surface area contributed by atoms with Crippen molar-refractivity contribution in [2.45, 2.75) is 11.3 Å². The Morgan fingerprint density at radius 3 is 2.50 bits per heavy atom. The molecule has 5 heteroatoms. The lowest BCUT2D eigenvalue weighted by Crippen LogP contribution is -1.92. The van der Waals surface area contributed by atoms with Gasteiger partial charge < -0.3 is 5.73 Å². The van der Waals surface area contributed by atoms with Crippen LogP contribution in [0.15, 0.2) is 17.0 Å². The molecule has 0 aliphatic carbocycles. The van der Waals surface area contributed by atoms with Gasteiger partial charge in [-0.05, 0) is 12.1 Å². The Balaban J connectivity index is 3.27. The minimum Gasteiger partial charge on any atom is -0.398 e. The number of alkyl halides is 2. The average molecular weight is 210 g/mol. The zero-order chi connectivity index (χ0) is 9.30. The number of thiol groups is 1. The van der Waals surface area contributed by atoms with E-state index < -0.39 is 6.43 Å². The van der Waals surface area contributed by atoms with Crippen molar-refractivity contribution < 1.29 is 8.78 Å². The highest BCUT2D eigenvalue weighted by Gasteiger charge is 2.14. The van der Waals surface area contributed by atoms with Crippen LogP contribution in [0.25, 0.3) is 0 Å². The van der Waals surface area contributed by atoms with Crippen molar-refractivity contribution in [3.05, 3.63) is 22.7 Å². The van der Waals surface area contributed by atoms with Gasteiger partial charge in [-0.3, -0.25) is 0 Å². The van der Waals surface area contributed by atoms with Crippen LogP contribution in [0.2, 0.25) is 5.02 Å². The maximum absolute atomic E-state index is 12.2. The predicted molar refractivity (Wildman–Crippen MR) is 48.1 cm³/mol. The van der Waals surface area contributed by atoms with Gasteiger partial charge in [0.25, 0.3) is 6.43 Å². The van der Waals surface area contributed by atoms with E-state index in [2.05, 4.69) is 12.6 Å². The molecule has 0 aromatic heterocycles. The Labute approximate surface area is 78.9 Å². The summed E-state index contributed by atoms with van der Waals surface area (Å²) in [5.74, 6) is 0. The molecule has 1 nitrogen and oxygen atoms in total. The van der Waals surface area contributed by atoms with E-state index in [4.69, 9.17) is 17.3 Å². The van der Waals surface area contributed by atoms with Crippen molar-refractivity contribution in [2.75, 3.05) is 5.73 Å². The number of halogens is 3. The van der Waals surface area contributed by atoms with E-state index in [9.17, 15) is 8.78 Å². The van der Waals surface area contributed by atoms with Gasteiger partial charge in [-0.25, -0.2) is 8.78 Å². The molecular weight excluding hydrogens is 204 g/mol. The van der Waals surface area contributed by atoms with Crippen LogP contribution in [-0.2, 0) is 0 Å². The molecule has 12 heavy (non-hydrogen) atoms. The summed E-state index contributed by atoms with van der Waals surface area (Å²) in [5.41, 5.74) is 5.44. The van der Waals surface area contributed by atoms with E-state index in [0.29, 0.717) is 5.69 Å². The topological polar surface area (TPSA) is 26.0 Å². The van der Waals surface area contributed by atoms with Gasteiger partial charge in [0, 0.05) is 16.1 Å². The molecule has 2 N–H and O–H groups in total. The van der Waals surface area contributed by atoms with Crippen molar-refractivity contribution in [1.82, 2.24) is 0 Å². The molecule has 0 saturated heterocycles. The van der Waals surface area contributed by atoms with Gasteiger partial charge in [-0.1, -0.05) is 11.6 Å². The summed E-state index contributed by atoms with van der Waals surface area (Å²) in [6.45, 7) is 0. The number of hydrogen-bond acceptors (Lipinski definition) is 2. The van der Waals surface area contributed by atoms with Crippen LogP contribution in [0.1, 0.15) is 12.0 Å². The monoisotopic (exact) mass is 209 g/mol. The average Bonchev–Trinajstić information content (AvgIpc) is 2.00. The van der Waals surface area contributed by atoms with Crippen LogP contribution < -0.4 is 5.73 Å². The Morgan fingerprint density at radius 1 is 1.42 bits per heavy atom. The summed E-state index contributed by atoms with van der Waals surface area (Å²) < 4.78 is 24.4. The molecule has 0 aliphatic heterocycles. The first-order chi connectivity index (χ1) is 5.54. The fraction of sp³-hybridized carbons (Fsp3) is 0.143. The van der Waals surface area contributed by atoms with Crippen molar-refractivity contribution in [2.24, 2.45) is 0 Å². The molecule has 0 radical (unpaired) electrons. The molecule has 1 aromatic carbocycles. The van der Waals surface area contributed by atoms with Gasteiger partial charge in [0.05, 0.1) is 5.02 Å². The molecule has 0 heterocycles. The summed E-state index contributed by atoms with van der Waals surface area (Å²) in [5, 5.41) is -0.0756. The van der Waals surface area contributed by atoms with Crippen molar-refractivity contribution >= 4 is 29.9 Å². The molecule has 0 spiro atoms. The minimum atomic E-state index is -2.59. The van der Waals surface area contributed by atoms with Crippen molar-refractivity contribution in [3.8, 4) is 0 Å². The van der Waals surface area contributed by atoms with Gasteiger partial charge in [0.2, 0.25) is 0 Å². The summed E-state index contributed by atoms with van der Waals surface area (Å²) in [4.78, 5) is 0.203. The van der Waals surface area contributed by atoms with E-state index in [0.717, 1.165) is 0 Å². The van der Waals surface area contributed by atoms with Gasteiger partial charge in [-0.2, -0.15) is 0 Å². The first-order valence-corrected chi connectivity index (χ1v) is 3.91. The number of benzene rings is 1. The Morgan fingerprint density at radius 2 is 2.00 bits per heavy atom. The molecular formula is C7H6ClF2NS. The number of nitrogen functional groups attached to an aromatic ring is 1. The van der Waals surface area contributed by atoms with Crippen LogP contribution in [0.5, 0.6) is 0 Å². The molecule has 66 valence electrons. The highest BCUT2D eigenvalue weighted by Crippen LogP contribution is 2.34. The van der Waals surface area contributed by atoms with E-state index in [1.807, 2.05) is 0 Å². The summed E-state index contributed by atoms with van der Waals surface area (Å²) in [6.07, 6.45) is -2.59. The first-order valence-electron chi connectivity index (χ1n) is 3.09. The summed E-state index contributed by atoms with van der Waals surface area (Å²) in [6, 6.07) is 2.55. The normalized spacial score (nSPS) is 10.8. The molecule has 0 atom stereocenters. The predicted octanol–water partition coefficient (Wildman–Crippen LogP) is 3.15. The number of nitrogens with two attached hydrogens (primary N) is 1. The molecule has 0 saturated carbocycles. The molecule has 1 rings (SSSR count). The van der Waals surface area contributed by atoms with Crippen LogP contribution >= 0.6 is 24.2 Å². The highest BCUT2D eigenvalue weighted by molar-refractivity contribution is 7.80. The van der Waals surface area contributed by atoms with Crippen LogP contribution in [0.4, 0.5) is 14.5 Å². The number of anilines is 1. The van der Waals surface area contributed by atoms with Crippen molar-refractivity contribution in [1.29, 1.82) is 0 Å². The van der Waals surface area contributed by atoms with E-state index in [1.54, 1.807) is 0 Å². The van der Waals surface area contributed by atoms with Gasteiger partial charge >= 0.3 is 0 Å². The molecule has 0 bridgehead atoms. The standard InChI is InChI=1S/C7H6ClF2NS/c8-5-3(7(9)10)1-2-4(11)6(5)12/h1-2,7,12H,11H2. The molecule has 1 aromatic rings. The Bertz CT molecular complexity index is 304. The molecule has 0 amide bonds.